The number of aliphatic imine (C=N–C) groups is 1. The van der Waals surface area contributed by atoms with Crippen LogP contribution in [-0.2, 0) is 4.74 Å². The molecule has 0 radical (unpaired) electrons. The first-order valence-corrected chi connectivity index (χ1v) is 6.45. The van der Waals surface area contributed by atoms with E-state index in [0.717, 1.165) is 6.54 Å². The van der Waals surface area contributed by atoms with Crippen molar-refractivity contribution in [3.8, 4) is 5.75 Å². The van der Waals surface area contributed by atoms with Crippen molar-refractivity contribution in [3.05, 3.63) is 29.8 Å². The molecular formula is C14H18N2O2. The van der Waals surface area contributed by atoms with Crippen LogP contribution in [0, 0.1) is 0 Å². The smallest absolute Gasteiger partial charge is 0.220 e. The Morgan fingerprint density at radius 2 is 2.22 bits per heavy atom. The predicted molar refractivity (Wildman–Crippen MR) is 70.0 cm³/mol. The molecule has 2 heterocycles. The summed E-state index contributed by atoms with van der Waals surface area (Å²) in [7, 11) is 2.14. The number of rotatable bonds is 2. The van der Waals surface area contributed by atoms with Crippen LogP contribution in [0.5, 0.6) is 5.75 Å². The van der Waals surface area contributed by atoms with E-state index in [1.54, 1.807) is 12.1 Å². The highest BCUT2D eigenvalue weighted by Crippen LogP contribution is 2.26. The summed E-state index contributed by atoms with van der Waals surface area (Å²) in [6, 6.07) is 7.87. The number of hydrogen-bond donors (Lipinski definition) is 1. The molecule has 1 fully saturated rings. The largest absolute Gasteiger partial charge is 0.507 e. The number of para-hydroxylation sites is 1. The van der Waals surface area contributed by atoms with Gasteiger partial charge >= 0.3 is 0 Å². The third kappa shape index (κ3) is 1.97. The molecule has 2 aliphatic heterocycles. The second kappa shape index (κ2) is 4.61. The SMILES string of the molecule is CN1CCCC1C1COC(c2ccccc2O)=N1. The monoisotopic (exact) mass is 246 g/mol. The summed E-state index contributed by atoms with van der Waals surface area (Å²) in [6.45, 7) is 1.77. The molecule has 2 unspecified atom stereocenters. The van der Waals surface area contributed by atoms with Crippen molar-refractivity contribution in [2.45, 2.75) is 24.9 Å². The zero-order valence-corrected chi connectivity index (χ0v) is 10.5. The van der Waals surface area contributed by atoms with E-state index in [-0.39, 0.29) is 11.8 Å². The average molecular weight is 246 g/mol. The summed E-state index contributed by atoms with van der Waals surface area (Å²) in [5, 5.41) is 9.80. The maximum absolute atomic E-state index is 9.80. The second-order valence-electron chi connectivity index (χ2n) is 5.02. The lowest BCUT2D eigenvalue weighted by Gasteiger charge is -2.22. The zero-order valence-electron chi connectivity index (χ0n) is 10.5. The molecule has 0 spiro atoms. The lowest BCUT2D eigenvalue weighted by molar-refractivity contribution is 0.226. The van der Waals surface area contributed by atoms with Crippen molar-refractivity contribution in [3.63, 3.8) is 0 Å². The highest BCUT2D eigenvalue weighted by atomic mass is 16.5. The fourth-order valence-electron chi connectivity index (χ4n) is 2.81. The van der Waals surface area contributed by atoms with E-state index >= 15 is 0 Å². The molecule has 0 saturated carbocycles. The van der Waals surface area contributed by atoms with Crippen LogP contribution in [-0.4, -0.2) is 48.2 Å². The van der Waals surface area contributed by atoms with E-state index in [9.17, 15) is 5.11 Å². The fourth-order valence-corrected chi connectivity index (χ4v) is 2.81. The van der Waals surface area contributed by atoms with E-state index in [1.807, 2.05) is 12.1 Å². The maximum atomic E-state index is 9.80. The molecule has 1 aromatic carbocycles. The summed E-state index contributed by atoms with van der Waals surface area (Å²) in [6.07, 6.45) is 2.42. The standard InChI is InChI=1S/C14H18N2O2/c1-16-8-4-6-12(16)11-9-18-14(15-11)10-5-2-3-7-13(10)17/h2-3,5,7,11-12,17H,4,6,8-9H2,1H3. The third-order valence-electron chi connectivity index (χ3n) is 3.83. The van der Waals surface area contributed by atoms with Crippen LogP contribution in [0.4, 0.5) is 0 Å². The number of hydrogen-bond acceptors (Lipinski definition) is 4. The van der Waals surface area contributed by atoms with Crippen molar-refractivity contribution in [1.82, 2.24) is 4.90 Å². The fraction of sp³-hybridized carbons (Fsp3) is 0.500. The van der Waals surface area contributed by atoms with E-state index in [2.05, 4.69) is 16.9 Å². The van der Waals surface area contributed by atoms with Gasteiger partial charge in [-0.25, -0.2) is 4.99 Å². The highest BCUT2D eigenvalue weighted by molar-refractivity contribution is 5.97. The Balaban J connectivity index is 1.82. The normalized spacial score (nSPS) is 28.2. The zero-order chi connectivity index (χ0) is 12.5. The molecule has 2 atom stereocenters. The summed E-state index contributed by atoms with van der Waals surface area (Å²) in [5.41, 5.74) is 0.695. The van der Waals surface area contributed by atoms with Gasteiger partial charge in [0.1, 0.15) is 18.4 Å². The van der Waals surface area contributed by atoms with E-state index in [0.29, 0.717) is 24.1 Å². The maximum Gasteiger partial charge on any atom is 0.220 e. The van der Waals surface area contributed by atoms with Crippen molar-refractivity contribution in [2.24, 2.45) is 4.99 Å². The van der Waals surface area contributed by atoms with Crippen LogP contribution in [0.3, 0.4) is 0 Å². The molecular weight excluding hydrogens is 228 g/mol. The second-order valence-corrected chi connectivity index (χ2v) is 5.02. The average Bonchev–Trinajstić information content (AvgIpc) is 2.98. The molecule has 3 rings (SSSR count). The first-order valence-electron chi connectivity index (χ1n) is 6.45. The van der Waals surface area contributed by atoms with Crippen molar-refractivity contribution >= 4 is 5.90 Å². The Morgan fingerprint density at radius 3 is 2.94 bits per heavy atom. The lowest BCUT2D eigenvalue weighted by Crippen LogP contribution is -2.36. The minimum Gasteiger partial charge on any atom is -0.507 e. The number of aromatic hydroxyl groups is 1. The molecule has 0 aliphatic carbocycles. The van der Waals surface area contributed by atoms with Gasteiger partial charge in [-0.1, -0.05) is 12.1 Å². The van der Waals surface area contributed by atoms with Gasteiger partial charge in [0, 0.05) is 6.04 Å². The summed E-state index contributed by atoms with van der Waals surface area (Å²) < 4.78 is 5.66. The van der Waals surface area contributed by atoms with Gasteiger partial charge in [0.05, 0.1) is 5.56 Å². The van der Waals surface area contributed by atoms with Gasteiger partial charge < -0.3 is 14.7 Å². The Kier molecular flexibility index (Phi) is 2.96. The van der Waals surface area contributed by atoms with Gasteiger partial charge in [0.15, 0.2) is 0 Å². The van der Waals surface area contributed by atoms with Gasteiger partial charge in [-0.05, 0) is 38.6 Å². The Bertz CT molecular complexity index is 473. The van der Waals surface area contributed by atoms with E-state index < -0.39 is 0 Å². The summed E-state index contributed by atoms with van der Waals surface area (Å²) >= 11 is 0. The van der Waals surface area contributed by atoms with Crippen LogP contribution in [0.25, 0.3) is 0 Å². The van der Waals surface area contributed by atoms with E-state index in [1.165, 1.54) is 12.8 Å². The quantitative estimate of drug-likeness (QED) is 0.862. The summed E-state index contributed by atoms with van der Waals surface area (Å²) in [4.78, 5) is 7.00. The molecule has 2 aliphatic rings. The van der Waals surface area contributed by atoms with Crippen molar-refractivity contribution in [2.75, 3.05) is 20.2 Å². The number of ether oxygens (including phenoxy) is 1. The van der Waals surface area contributed by atoms with Crippen molar-refractivity contribution in [1.29, 1.82) is 0 Å². The van der Waals surface area contributed by atoms with Crippen LogP contribution in [0.15, 0.2) is 29.3 Å². The number of phenolic OH excluding ortho intramolecular Hbond substituents is 1. The molecule has 4 heteroatoms. The number of likely N-dealkylation sites (N-methyl/N-ethyl adjacent to an activating group) is 1. The number of nitrogens with zero attached hydrogens (tertiary/aromatic N) is 2. The minimum absolute atomic E-state index is 0.201. The number of likely N-dealkylation sites (tertiary alicyclic amines) is 1. The Hall–Kier alpha value is -1.55. The van der Waals surface area contributed by atoms with Crippen LogP contribution < -0.4 is 0 Å². The molecule has 0 amide bonds. The van der Waals surface area contributed by atoms with Gasteiger partial charge in [-0.2, -0.15) is 0 Å². The van der Waals surface area contributed by atoms with Crippen LogP contribution in [0.1, 0.15) is 18.4 Å². The molecule has 0 bridgehead atoms. The molecule has 96 valence electrons. The summed E-state index contributed by atoms with van der Waals surface area (Å²) in [5.74, 6) is 0.815. The number of benzene rings is 1. The first-order chi connectivity index (χ1) is 8.75. The first kappa shape index (κ1) is 11.5. The molecule has 0 aromatic heterocycles. The van der Waals surface area contributed by atoms with Crippen LogP contribution in [0.2, 0.25) is 0 Å². The van der Waals surface area contributed by atoms with Gasteiger partial charge in [-0.3, -0.25) is 0 Å². The Morgan fingerprint density at radius 1 is 1.39 bits per heavy atom. The van der Waals surface area contributed by atoms with Crippen molar-refractivity contribution < 1.29 is 9.84 Å². The molecule has 18 heavy (non-hydrogen) atoms. The van der Waals surface area contributed by atoms with Gasteiger partial charge in [0.2, 0.25) is 5.90 Å². The predicted octanol–water partition coefficient (Wildman–Crippen LogP) is 1.63. The topological polar surface area (TPSA) is 45.1 Å². The minimum atomic E-state index is 0.201. The molecule has 1 N–H and O–H groups in total. The molecule has 4 nitrogen and oxygen atoms in total. The third-order valence-corrected chi connectivity index (χ3v) is 3.83. The highest BCUT2D eigenvalue weighted by Gasteiger charge is 2.33. The molecule has 1 aromatic rings. The number of phenols is 1. The van der Waals surface area contributed by atoms with Gasteiger partial charge in [-0.15, -0.1) is 0 Å². The molecule has 1 saturated heterocycles. The van der Waals surface area contributed by atoms with Crippen LogP contribution >= 0.6 is 0 Å². The van der Waals surface area contributed by atoms with E-state index in [4.69, 9.17) is 4.74 Å². The lowest BCUT2D eigenvalue weighted by atomic mass is 10.1. The Labute approximate surface area is 107 Å². The van der Waals surface area contributed by atoms with Gasteiger partial charge in [0.25, 0.3) is 0 Å².